The van der Waals surface area contributed by atoms with Crippen LogP contribution in [0.4, 0.5) is 10.2 Å². The molecular weight excluding hydrogens is 373 g/mol. The molecule has 1 aromatic carbocycles. The molecule has 2 aromatic rings. The summed E-state index contributed by atoms with van der Waals surface area (Å²) in [6.45, 7) is 1.07. The maximum Gasteiger partial charge on any atom is 0.243 e. The van der Waals surface area contributed by atoms with Crippen molar-refractivity contribution < 1.29 is 14.0 Å². The Morgan fingerprint density at radius 3 is 2.76 bits per heavy atom. The summed E-state index contributed by atoms with van der Waals surface area (Å²) in [5.41, 5.74) is 6.72. The number of aromatic nitrogens is 1. The minimum atomic E-state index is -0.879. The fourth-order valence-corrected chi connectivity index (χ4v) is 3.46. The van der Waals surface area contributed by atoms with E-state index in [1.165, 1.54) is 6.07 Å². The number of nitrogens with two attached hydrogens (primary N) is 1. The van der Waals surface area contributed by atoms with E-state index in [1.807, 2.05) is 11.9 Å². The van der Waals surface area contributed by atoms with E-state index in [9.17, 15) is 14.0 Å². The van der Waals surface area contributed by atoms with E-state index in [0.29, 0.717) is 11.4 Å². The number of hydrogen-bond donors (Lipinski definition) is 3. The Bertz CT molecular complexity index is 858. The summed E-state index contributed by atoms with van der Waals surface area (Å²) >= 11 is 0. The molecule has 0 saturated carbocycles. The highest BCUT2D eigenvalue weighted by Gasteiger charge is 2.31. The number of hydrogen-bond acceptors (Lipinski definition) is 5. The summed E-state index contributed by atoms with van der Waals surface area (Å²) in [6.07, 6.45) is 3.32. The lowest BCUT2D eigenvalue weighted by Gasteiger charge is -2.24. The summed E-state index contributed by atoms with van der Waals surface area (Å²) in [5.74, 6) is -0.597. The van der Waals surface area contributed by atoms with E-state index in [2.05, 4.69) is 15.6 Å². The molecule has 4 N–H and O–H groups in total. The fourth-order valence-electron chi connectivity index (χ4n) is 3.46. The van der Waals surface area contributed by atoms with E-state index in [-0.39, 0.29) is 30.8 Å². The number of rotatable bonds is 7. The Hall–Kier alpha value is -3.00. The zero-order valence-corrected chi connectivity index (χ0v) is 16.4. The fraction of sp³-hybridized carbons (Fsp3) is 0.381. The van der Waals surface area contributed by atoms with E-state index < -0.39 is 11.9 Å². The first kappa shape index (κ1) is 20.7. The molecule has 1 aromatic heterocycles. The number of pyridine rings is 1. The van der Waals surface area contributed by atoms with Crippen molar-refractivity contribution >= 4 is 17.6 Å². The highest BCUT2D eigenvalue weighted by molar-refractivity contribution is 5.90. The molecule has 7 nitrogen and oxygen atoms in total. The molecular formula is C21H26FN5O2. The topological polar surface area (TPSA) is 100 Å². The second kappa shape index (κ2) is 9.47. The number of likely N-dealkylation sites (tertiary alicyclic amines) is 1. The quantitative estimate of drug-likeness (QED) is 0.651. The molecule has 0 bridgehead atoms. The zero-order chi connectivity index (χ0) is 20.8. The molecule has 1 aliphatic rings. The Balaban J connectivity index is 1.70. The summed E-state index contributed by atoms with van der Waals surface area (Å²) in [5, 5.41) is 5.61. The van der Waals surface area contributed by atoms with E-state index in [4.69, 9.17) is 5.73 Å². The predicted octanol–water partition coefficient (Wildman–Crippen LogP) is 1.24. The van der Waals surface area contributed by atoms with Gasteiger partial charge in [0.15, 0.2) is 0 Å². The molecule has 0 spiro atoms. The number of likely N-dealkylation sites (N-methyl/N-ethyl adjacent to an activating group) is 1. The van der Waals surface area contributed by atoms with E-state index in [1.54, 1.807) is 36.5 Å². The lowest BCUT2D eigenvalue weighted by atomic mass is 10.0. The van der Waals surface area contributed by atoms with Crippen LogP contribution in [-0.2, 0) is 22.6 Å². The Morgan fingerprint density at radius 2 is 2.10 bits per heavy atom. The number of halogens is 1. The first-order chi connectivity index (χ1) is 13.9. The van der Waals surface area contributed by atoms with Crippen molar-refractivity contribution in [1.82, 2.24) is 20.5 Å². The second-order valence-corrected chi connectivity index (χ2v) is 7.30. The van der Waals surface area contributed by atoms with Crippen LogP contribution in [0.5, 0.6) is 0 Å². The van der Waals surface area contributed by atoms with Gasteiger partial charge in [0.1, 0.15) is 17.7 Å². The van der Waals surface area contributed by atoms with Crippen LogP contribution in [0, 0.1) is 5.82 Å². The summed E-state index contributed by atoms with van der Waals surface area (Å²) in [4.78, 5) is 31.5. The van der Waals surface area contributed by atoms with Crippen molar-refractivity contribution in [1.29, 1.82) is 0 Å². The van der Waals surface area contributed by atoms with Gasteiger partial charge in [-0.3, -0.25) is 14.5 Å². The first-order valence-corrected chi connectivity index (χ1v) is 9.66. The van der Waals surface area contributed by atoms with Crippen LogP contribution < -0.4 is 16.4 Å². The number of benzene rings is 1. The lowest BCUT2D eigenvalue weighted by molar-refractivity contribution is -0.131. The Kier molecular flexibility index (Phi) is 6.77. The zero-order valence-electron chi connectivity index (χ0n) is 16.4. The predicted molar refractivity (Wildman–Crippen MR) is 108 cm³/mol. The highest BCUT2D eigenvalue weighted by atomic mass is 19.1. The van der Waals surface area contributed by atoms with Crippen LogP contribution in [0.3, 0.4) is 0 Å². The van der Waals surface area contributed by atoms with Gasteiger partial charge in [-0.2, -0.15) is 0 Å². The standard InChI is InChI=1S/C21H26FN5O2/c1-27-10-4-7-18(27)21(29)26-17(11-15-5-2-3-6-16(15)22)20(28)25-13-14-8-9-19(23)24-12-14/h2-3,5-6,8-9,12,17-18H,4,7,10-11,13H2,1H3,(H2,23,24)(H,25,28)(H,26,29)/t17-,18?/m0/s1. The molecule has 1 fully saturated rings. The summed E-state index contributed by atoms with van der Waals surface area (Å²) in [7, 11) is 1.89. The van der Waals surface area contributed by atoms with Gasteiger partial charge >= 0.3 is 0 Å². The van der Waals surface area contributed by atoms with Crippen molar-refractivity contribution in [3.05, 3.63) is 59.5 Å². The molecule has 8 heteroatoms. The molecule has 0 aliphatic carbocycles. The first-order valence-electron chi connectivity index (χ1n) is 9.66. The maximum absolute atomic E-state index is 14.1. The van der Waals surface area contributed by atoms with Gasteiger partial charge in [-0.1, -0.05) is 24.3 Å². The van der Waals surface area contributed by atoms with Gasteiger partial charge in [-0.15, -0.1) is 0 Å². The van der Waals surface area contributed by atoms with Crippen LogP contribution in [-0.4, -0.2) is 47.4 Å². The number of nitrogens with one attached hydrogen (secondary N) is 2. The van der Waals surface area contributed by atoms with Gasteiger partial charge in [0.2, 0.25) is 11.8 Å². The van der Waals surface area contributed by atoms with Gasteiger partial charge in [-0.05, 0) is 49.7 Å². The van der Waals surface area contributed by atoms with Crippen LogP contribution in [0.15, 0.2) is 42.6 Å². The summed E-state index contributed by atoms with van der Waals surface area (Å²) in [6, 6.07) is 8.52. The largest absolute Gasteiger partial charge is 0.384 e. The molecule has 1 saturated heterocycles. The van der Waals surface area contributed by atoms with Crippen molar-refractivity contribution in [2.24, 2.45) is 0 Å². The molecule has 1 aliphatic heterocycles. The van der Waals surface area contributed by atoms with Gasteiger partial charge in [0.25, 0.3) is 0 Å². The van der Waals surface area contributed by atoms with Crippen LogP contribution in [0.1, 0.15) is 24.0 Å². The van der Waals surface area contributed by atoms with Crippen molar-refractivity contribution in [3.8, 4) is 0 Å². The molecule has 29 heavy (non-hydrogen) atoms. The van der Waals surface area contributed by atoms with Gasteiger partial charge in [0, 0.05) is 19.2 Å². The number of nitrogens with zero attached hydrogens (tertiary/aromatic N) is 2. The molecule has 2 heterocycles. The smallest absolute Gasteiger partial charge is 0.243 e. The molecule has 0 radical (unpaired) electrons. The average Bonchev–Trinajstić information content (AvgIpc) is 3.14. The van der Waals surface area contributed by atoms with E-state index >= 15 is 0 Å². The van der Waals surface area contributed by atoms with E-state index in [0.717, 1.165) is 24.9 Å². The van der Waals surface area contributed by atoms with Crippen LogP contribution in [0.25, 0.3) is 0 Å². The van der Waals surface area contributed by atoms with Gasteiger partial charge in [0.05, 0.1) is 6.04 Å². The molecule has 3 rings (SSSR count). The SMILES string of the molecule is CN1CCCC1C(=O)N[C@@H](Cc1ccccc1F)C(=O)NCc1ccc(N)nc1. The number of carbonyl (C=O) groups excluding carboxylic acids is 2. The third-order valence-electron chi connectivity index (χ3n) is 5.15. The minimum Gasteiger partial charge on any atom is -0.384 e. The highest BCUT2D eigenvalue weighted by Crippen LogP contribution is 2.16. The number of carbonyl (C=O) groups is 2. The average molecular weight is 399 g/mol. The second-order valence-electron chi connectivity index (χ2n) is 7.30. The normalized spacial score (nSPS) is 17.7. The number of anilines is 1. The lowest BCUT2D eigenvalue weighted by Crippen LogP contribution is -2.52. The Morgan fingerprint density at radius 1 is 1.31 bits per heavy atom. The number of nitrogen functional groups attached to an aromatic ring is 1. The van der Waals surface area contributed by atoms with Gasteiger partial charge < -0.3 is 16.4 Å². The molecule has 1 unspecified atom stereocenters. The minimum absolute atomic E-state index is 0.0701. The van der Waals surface area contributed by atoms with Crippen molar-refractivity contribution in [2.75, 3.05) is 19.3 Å². The van der Waals surface area contributed by atoms with Crippen molar-refractivity contribution in [2.45, 2.75) is 37.9 Å². The monoisotopic (exact) mass is 399 g/mol. The summed E-state index contributed by atoms with van der Waals surface area (Å²) < 4.78 is 14.1. The molecule has 2 atom stereocenters. The van der Waals surface area contributed by atoms with Crippen molar-refractivity contribution in [3.63, 3.8) is 0 Å². The molecule has 154 valence electrons. The maximum atomic E-state index is 14.1. The number of amides is 2. The third kappa shape index (κ3) is 5.51. The molecule has 2 amide bonds. The Labute approximate surface area is 169 Å². The van der Waals surface area contributed by atoms with Gasteiger partial charge in [-0.25, -0.2) is 9.37 Å². The van der Waals surface area contributed by atoms with Crippen LogP contribution in [0.2, 0.25) is 0 Å². The third-order valence-corrected chi connectivity index (χ3v) is 5.15. The van der Waals surface area contributed by atoms with Crippen LogP contribution >= 0.6 is 0 Å².